The first-order valence-corrected chi connectivity index (χ1v) is 9.81. The predicted molar refractivity (Wildman–Crippen MR) is 102 cm³/mol. The predicted octanol–water partition coefficient (Wildman–Crippen LogP) is 3.95. The standard InChI is InChI=1S/C22H25FN2O2/c23-18-3-1-2-16(12-18)20-11-8-17(13-24-20)22(27)25-19-9-6-15(7-10-19)21(26)14-4-5-14/h1-3,8,11-15,19,21,26H,4-7,9-10H2,(H,25,27)/t15?,19?,21-/m0/s1. The van der Waals surface area contributed by atoms with Crippen molar-refractivity contribution in [3.8, 4) is 11.3 Å². The SMILES string of the molecule is O=C(NC1CCC([C@@H](O)C2CC2)CC1)c1ccc(-c2cccc(F)c2)nc1. The molecule has 0 radical (unpaired) electrons. The Labute approximate surface area is 158 Å². The van der Waals surface area contributed by atoms with Gasteiger partial charge >= 0.3 is 0 Å². The zero-order valence-electron chi connectivity index (χ0n) is 15.3. The summed E-state index contributed by atoms with van der Waals surface area (Å²) in [4.78, 5) is 16.8. The highest BCUT2D eigenvalue weighted by atomic mass is 19.1. The fraction of sp³-hybridized carbons (Fsp3) is 0.455. The Balaban J connectivity index is 1.32. The van der Waals surface area contributed by atoms with E-state index in [1.54, 1.807) is 24.3 Å². The smallest absolute Gasteiger partial charge is 0.253 e. The number of carbonyl (C=O) groups excluding carboxylic acids is 1. The van der Waals surface area contributed by atoms with E-state index in [0.29, 0.717) is 28.7 Å². The van der Waals surface area contributed by atoms with Crippen molar-refractivity contribution in [2.45, 2.75) is 50.7 Å². The summed E-state index contributed by atoms with van der Waals surface area (Å²) in [6.07, 6.45) is 7.48. The van der Waals surface area contributed by atoms with Crippen LogP contribution in [0.25, 0.3) is 11.3 Å². The van der Waals surface area contributed by atoms with Gasteiger partial charge in [-0.15, -0.1) is 0 Å². The molecule has 1 amide bonds. The number of benzene rings is 1. The molecular weight excluding hydrogens is 343 g/mol. The molecule has 0 bridgehead atoms. The van der Waals surface area contributed by atoms with Crippen molar-refractivity contribution in [2.24, 2.45) is 11.8 Å². The highest BCUT2D eigenvalue weighted by molar-refractivity contribution is 5.94. The van der Waals surface area contributed by atoms with Crippen molar-refractivity contribution in [1.82, 2.24) is 10.3 Å². The molecule has 0 saturated heterocycles. The molecule has 0 aliphatic heterocycles. The van der Waals surface area contributed by atoms with Crippen LogP contribution in [0.15, 0.2) is 42.6 Å². The number of amides is 1. The van der Waals surface area contributed by atoms with Gasteiger partial charge in [0, 0.05) is 17.8 Å². The molecule has 1 heterocycles. The van der Waals surface area contributed by atoms with E-state index in [0.717, 1.165) is 38.5 Å². The molecule has 1 atom stereocenters. The molecular formula is C22H25FN2O2. The third kappa shape index (κ3) is 4.35. The van der Waals surface area contributed by atoms with Crippen LogP contribution in [0.5, 0.6) is 0 Å². The van der Waals surface area contributed by atoms with E-state index >= 15 is 0 Å². The normalized spacial score (nSPS) is 23.6. The van der Waals surface area contributed by atoms with Crippen molar-refractivity contribution in [1.29, 1.82) is 0 Å². The molecule has 1 aromatic heterocycles. The number of hydrogen-bond donors (Lipinski definition) is 2. The van der Waals surface area contributed by atoms with Crippen molar-refractivity contribution < 1.29 is 14.3 Å². The molecule has 4 rings (SSSR count). The average Bonchev–Trinajstić information content (AvgIpc) is 3.53. The van der Waals surface area contributed by atoms with Crippen LogP contribution in [0.3, 0.4) is 0 Å². The lowest BCUT2D eigenvalue weighted by molar-refractivity contribution is 0.0590. The van der Waals surface area contributed by atoms with Gasteiger partial charge in [0.05, 0.1) is 17.4 Å². The van der Waals surface area contributed by atoms with Gasteiger partial charge in [-0.1, -0.05) is 12.1 Å². The van der Waals surface area contributed by atoms with E-state index in [4.69, 9.17) is 0 Å². The number of carbonyl (C=O) groups is 1. The lowest BCUT2D eigenvalue weighted by Gasteiger charge is -2.32. The van der Waals surface area contributed by atoms with Gasteiger partial charge in [0.25, 0.3) is 5.91 Å². The van der Waals surface area contributed by atoms with E-state index in [2.05, 4.69) is 10.3 Å². The van der Waals surface area contributed by atoms with Crippen LogP contribution in [-0.2, 0) is 0 Å². The molecule has 2 fully saturated rings. The Morgan fingerprint density at radius 1 is 1.07 bits per heavy atom. The van der Waals surface area contributed by atoms with Gasteiger partial charge in [-0.2, -0.15) is 0 Å². The van der Waals surface area contributed by atoms with Gasteiger partial charge in [0.1, 0.15) is 5.82 Å². The number of halogens is 1. The molecule has 2 N–H and O–H groups in total. The molecule has 27 heavy (non-hydrogen) atoms. The number of aromatic nitrogens is 1. The molecule has 2 aromatic rings. The third-order valence-corrected chi connectivity index (χ3v) is 5.84. The summed E-state index contributed by atoms with van der Waals surface area (Å²) in [5, 5.41) is 13.4. The summed E-state index contributed by atoms with van der Waals surface area (Å²) in [7, 11) is 0. The number of hydrogen-bond acceptors (Lipinski definition) is 3. The van der Waals surface area contributed by atoms with Crippen molar-refractivity contribution >= 4 is 5.91 Å². The van der Waals surface area contributed by atoms with Gasteiger partial charge in [-0.25, -0.2) is 4.39 Å². The Morgan fingerprint density at radius 2 is 1.78 bits per heavy atom. The molecule has 5 heteroatoms. The number of aliphatic hydroxyl groups is 1. The van der Waals surface area contributed by atoms with E-state index in [-0.39, 0.29) is 23.9 Å². The molecule has 0 unspecified atom stereocenters. The number of nitrogens with one attached hydrogen (secondary N) is 1. The average molecular weight is 368 g/mol. The summed E-state index contributed by atoms with van der Waals surface area (Å²) >= 11 is 0. The first-order valence-electron chi connectivity index (χ1n) is 9.81. The van der Waals surface area contributed by atoms with Crippen LogP contribution < -0.4 is 5.32 Å². The van der Waals surface area contributed by atoms with Gasteiger partial charge < -0.3 is 10.4 Å². The van der Waals surface area contributed by atoms with Crippen molar-refractivity contribution in [3.05, 3.63) is 54.0 Å². The highest BCUT2D eigenvalue weighted by Crippen LogP contribution is 2.40. The second kappa shape index (κ2) is 7.77. The summed E-state index contributed by atoms with van der Waals surface area (Å²) in [5.41, 5.74) is 1.84. The lowest BCUT2D eigenvalue weighted by atomic mass is 9.81. The van der Waals surface area contributed by atoms with Crippen LogP contribution in [0.1, 0.15) is 48.9 Å². The number of rotatable bonds is 5. The van der Waals surface area contributed by atoms with Crippen LogP contribution in [0, 0.1) is 17.7 Å². The quantitative estimate of drug-likeness (QED) is 0.840. The molecule has 2 aliphatic rings. The molecule has 4 nitrogen and oxygen atoms in total. The van der Waals surface area contributed by atoms with E-state index < -0.39 is 0 Å². The molecule has 0 spiro atoms. The zero-order chi connectivity index (χ0) is 18.8. The second-order valence-electron chi connectivity index (χ2n) is 7.86. The summed E-state index contributed by atoms with van der Waals surface area (Å²) in [6, 6.07) is 9.88. The van der Waals surface area contributed by atoms with E-state index in [1.165, 1.54) is 18.3 Å². The van der Waals surface area contributed by atoms with E-state index in [9.17, 15) is 14.3 Å². The van der Waals surface area contributed by atoms with E-state index in [1.807, 2.05) is 0 Å². The van der Waals surface area contributed by atoms with Crippen molar-refractivity contribution in [2.75, 3.05) is 0 Å². The molecule has 1 aromatic carbocycles. The third-order valence-electron chi connectivity index (χ3n) is 5.84. The maximum atomic E-state index is 13.3. The first kappa shape index (κ1) is 18.1. The first-order chi connectivity index (χ1) is 13.1. The fourth-order valence-electron chi connectivity index (χ4n) is 4.04. The number of nitrogens with zero attached hydrogens (tertiary/aromatic N) is 1. The Bertz CT molecular complexity index is 796. The summed E-state index contributed by atoms with van der Waals surface area (Å²) in [5.74, 6) is 0.472. The fourth-order valence-corrected chi connectivity index (χ4v) is 4.04. The number of aliphatic hydroxyl groups excluding tert-OH is 1. The van der Waals surface area contributed by atoms with Gasteiger partial charge in [-0.3, -0.25) is 9.78 Å². The highest BCUT2D eigenvalue weighted by Gasteiger charge is 2.37. The zero-order valence-corrected chi connectivity index (χ0v) is 15.3. The number of pyridine rings is 1. The summed E-state index contributed by atoms with van der Waals surface area (Å²) in [6.45, 7) is 0. The topological polar surface area (TPSA) is 62.2 Å². The van der Waals surface area contributed by atoms with Crippen LogP contribution in [0.4, 0.5) is 4.39 Å². The molecule has 2 aliphatic carbocycles. The maximum Gasteiger partial charge on any atom is 0.253 e. The Kier molecular flexibility index (Phi) is 5.21. The summed E-state index contributed by atoms with van der Waals surface area (Å²) < 4.78 is 13.3. The largest absolute Gasteiger partial charge is 0.393 e. The Hall–Kier alpha value is -2.27. The van der Waals surface area contributed by atoms with Gasteiger partial charge in [0.15, 0.2) is 0 Å². The monoisotopic (exact) mass is 368 g/mol. The van der Waals surface area contributed by atoms with Crippen molar-refractivity contribution in [3.63, 3.8) is 0 Å². The molecule has 2 saturated carbocycles. The van der Waals surface area contributed by atoms with Gasteiger partial charge in [0.2, 0.25) is 0 Å². The van der Waals surface area contributed by atoms with Gasteiger partial charge in [-0.05, 0) is 74.6 Å². The minimum absolute atomic E-state index is 0.125. The minimum atomic E-state index is -0.307. The minimum Gasteiger partial charge on any atom is -0.393 e. The Morgan fingerprint density at radius 3 is 2.37 bits per heavy atom. The van der Waals surface area contributed by atoms with Crippen LogP contribution in [0.2, 0.25) is 0 Å². The molecule has 142 valence electrons. The van der Waals surface area contributed by atoms with Crippen LogP contribution in [-0.4, -0.2) is 28.1 Å². The van der Waals surface area contributed by atoms with Crippen LogP contribution >= 0.6 is 0 Å². The maximum absolute atomic E-state index is 13.3. The lowest BCUT2D eigenvalue weighted by Crippen LogP contribution is -2.39. The second-order valence-corrected chi connectivity index (χ2v) is 7.86.